The van der Waals surface area contributed by atoms with Crippen LogP contribution in [0.5, 0.6) is 0 Å². The van der Waals surface area contributed by atoms with Gasteiger partial charge in [-0.3, -0.25) is 9.59 Å². The van der Waals surface area contributed by atoms with Crippen molar-refractivity contribution in [2.24, 2.45) is 0 Å². The molecule has 7 heteroatoms. The zero-order valence-electron chi connectivity index (χ0n) is 15.2. The summed E-state index contributed by atoms with van der Waals surface area (Å²) in [5.41, 5.74) is 9.05. The lowest BCUT2D eigenvalue weighted by molar-refractivity contribution is -0.138. The zero-order chi connectivity index (χ0) is 17.8. The van der Waals surface area contributed by atoms with Crippen LogP contribution in [-0.2, 0) is 16.0 Å². The van der Waals surface area contributed by atoms with Crippen LogP contribution in [0, 0.1) is 0 Å². The lowest BCUT2D eigenvalue weighted by atomic mass is 9.87. The van der Waals surface area contributed by atoms with Crippen LogP contribution in [0.25, 0.3) is 0 Å². The maximum atomic E-state index is 12.8. The number of thioether (sulfide) groups is 1. The van der Waals surface area contributed by atoms with Crippen molar-refractivity contribution in [1.82, 2.24) is 10.2 Å². The number of amides is 2. The van der Waals surface area contributed by atoms with E-state index in [0.29, 0.717) is 18.1 Å². The highest BCUT2D eigenvalue weighted by Crippen LogP contribution is 2.32. The molecule has 1 fully saturated rings. The monoisotopic (exact) mass is 397 g/mol. The summed E-state index contributed by atoms with van der Waals surface area (Å²) >= 11 is 1.66. The van der Waals surface area contributed by atoms with Crippen molar-refractivity contribution in [2.75, 3.05) is 17.4 Å². The SMILES string of the molecule is CCCCC(=O)N1CSCC1C(=O)NC1CCCc2cc(N)ccc21.Cl. The van der Waals surface area contributed by atoms with E-state index in [4.69, 9.17) is 5.73 Å². The topological polar surface area (TPSA) is 75.4 Å². The Hall–Kier alpha value is -1.40. The number of rotatable bonds is 5. The second-order valence-electron chi connectivity index (χ2n) is 6.89. The van der Waals surface area contributed by atoms with Crippen LogP contribution in [0.4, 0.5) is 5.69 Å². The highest BCUT2D eigenvalue weighted by molar-refractivity contribution is 7.99. The second-order valence-corrected chi connectivity index (χ2v) is 7.89. The minimum absolute atomic E-state index is 0. The average Bonchev–Trinajstić information content (AvgIpc) is 3.09. The maximum Gasteiger partial charge on any atom is 0.244 e. The summed E-state index contributed by atoms with van der Waals surface area (Å²) in [6.45, 7) is 2.07. The summed E-state index contributed by atoms with van der Waals surface area (Å²) in [6, 6.07) is 5.63. The van der Waals surface area contributed by atoms with Crippen molar-refractivity contribution in [3.63, 3.8) is 0 Å². The van der Waals surface area contributed by atoms with Gasteiger partial charge in [0.05, 0.1) is 11.9 Å². The Kier molecular flexibility index (Phi) is 7.65. The van der Waals surface area contributed by atoms with Crippen LogP contribution >= 0.6 is 24.2 Å². The van der Waals surface area contributed by atoms with E-state index in [0.717, 1.165) is 37.8 Å². The molecular weight excluding hydrogens is 370 g/mol. The van der Waals surface area contributed by atoms with Crippen LogP contribution in [0.1, 0.15) is 56.2 Å². The number of fused-ring (bicyclic) bond motifs is 1. The summed E-state index contributed by atoms with van der Waals surface area (Å²) in [5.74, 6) is 1.39. The molecule has 0 aromatic heterocycles. The summed E-state index contributed by atoms with van der Waals surface area (Å²) in [4.78, 5) is 27.0. The van der Waals surface area contributed by atoms with Gasteiger partial charge in [-0.15, -0.1) is 24.2 Å². The molecule has 3 N–H and O–H groups in total. The predicted molar refractivity (Wildman–Crippen MR) is 109 cm³/mol. The molecule has 0 saturated carbocycles. The first-order valence-electron chi connectivity index (χ1n) is 9.16. The van der Waals surface area contributed by atoms with Crippen LogP contribution in [0.15, 0.2) is 18.2 Å². The van der Waals surface area contributed by atoms with Gasteiger partial charge in [-0.1, -0.05) is 19.4 Å². The average molecular weight is 398 g/mol. The molecule has 2 atom stereocenters. The largest absolute Gasteiger partial charge is 0.399 e. The van der Waals surface area contributed by atoms with Gasteiger partial charge < -0.3 is 16.0 Å². The van der Waals surface area contributed by atoms with Gasteiger partial charge in [0.1, 0.15) is 6.04 Å². The molecule has 2 unspecified atom stereocenters. The molecule has 26 heavy (non-hydrogen) atoms. The molecule has 2 aliphatic rings. The van der Waals surface area contributed by atoms with Crippen molar-refractivity contribution in [3.8, 4) is 0 Å². The molecule has 1 aliphatic heterocycles. The maximum absolute atomic E-state index is 12.8. The van der Waals surface area contributed by atoms with Gasteiger partial charge in [-0.2, -0.15) is 0 Å². The van der Waals surface area contributed by atoms with E-state index < -0.39 is 0 Å². The predicted octanol–water partition coefficient (Wildman–Crippen LogP) is 3.28. The molecule has 1 aromatic rings. The van der Waals surface area contributed by atoms with E-state index in [1.807, 2.05) is 18.2 Å². The normalized spacial score (nSPS) is 21.7. The molecule has 0 spiro atoms. The van der Waals surface area contributed by atoms with E-state index in [-0.39, 0.29) is 36.3 Å². The Labute approximate surface area is 165 Å². The fourth-order valence-electron chi connectivity index (χ4n) is 3.63. The molecule has 144 valence electrons. The molecule has 1 aromatic carbocycles. The van der Waals surface area contributed by atoms with Crippen LogP contribution in [0.3, 0.4) is 0 Å². The number of nitrogen functional groups attached to an aromatic ring is 1. The number of hydrogen-bond acceptors (Lipinski definition) is 4. The Morgan fingerprint density at radius 3 is 2.96 bits per heavy atom. The first-order chi connectivity index (χ1) is 12.1. The quantitative estimate of drug-likeness (QED) is 0.747. The molecular formula is C19H28ClN3O2S. The molecule has 1 aliphatic carbocycles. The fraction of sp³-hybridized carbons (Fsp3) is 0.579. The smallest absolute Gasteiger partial charge is 0.244 e. The number of hydrogen-bond donors (Lipinski definition) is 2. The number of nitrogens with two attached hydrogens (primary N) is 1. The van der Waals surface area contributed by atoms with Gasteiger partial charge >= 0.3 is 0 Å². The number of carbonyl (C=O) groups is 2. The Bertz CT molecular complexity index is 656. The molecule has 1 saturated heterocycles. The van der Waals surface area contributed by atoms with Crippen LogP contribution in [-0.4, -0.2) is 34.4 Å². The third-order valence-electron chi connectivity index (χ3n) is 5.05. The Morgan fingerprint density at radius 2 is 2.19 bits per heavy atom. The first-order valence-corrected chi connectivity index (χ1v) is 10.3. The van der Waals surface area contributed by atoms with Gasteiger partial charge in [-0.05, 0) is 48.9 Å². The van der Waals surface area contributed by atoms with Crippen LogP contribution in [0.2, 0.25) is 0 Å². The highest BCUT2D eigenvalue weighted by atomic mass is 35.5. The van der Waals surface area contributed by atoms with Crippen molar-refractivity contribution >= 4 is 41.7 Å². The number of carbonyl (C=O) groups excluding carboxylic acids is 2. The Balaban J connectivity index is 0.00000243. The van der Waals surface area contributed by atoms with Gasteiger partial charge in [0.2, 0.25) is 11.8 Å². The van der Waals surface area contributed by atoms with Gasteiger partial charge in [0.15, 0.2) is 0 Å². The number of anilines is 1. The lowest BCUT2D eigenvalue weighted by Gasteiger charge is -2.29. The van der Waals surface area contributed by atoms with E-state index in [1.165, 1.54) is 11.1 Å². The van der Waals surface area contributed by atoms with Gasteiger partial charge in [0.25, 0.3) is 0 Å². The number of nitrogens with one attached hydrogen (secondary N) is 1. The lowest BCUT2D eigenvalue weighted by Crippen LogP contribution is -2.48. The first kappa shape index (κ1) is 20.9. The number of aryl methyl sites for hydroxylation is 1. The third-order valence-corrected chi connectivity index (χ3v) is 6.06. The summed E-state index contributed by atoms with van der Waals surface area (Å²) in [7, 11) is 0. The van der Waals surface area contributed by atoms with Gasteiger partial charge in [0, 0.05) is 17.9 Å². The second kappa shape index (κ2) is 9.51. The summed E-state index contributed by atoms with van der Waals surface area (Å²) in [6.07, 6.45) is 5.39. The van der Waals surface area contributed by atoms with Crippen LogP contribution < -0.4 is 11.1 Å². The standard InChI is InChI=1S/C19H27N3O2S.ClH/c1-2-3-7-18(23)22-12-25-11-17(22)19(24)21-16-6-4-5-13-10-14(20)8-9-15(13)16;/h8-10,16-17H,2-7,11-12,20H2,1H3,(H,21,24);1H. The highest BCUT2D eigenvalue weighted by Gasteiger charge is 2.35. The Morgan fingerprint density at radius 1 is 1.38 bits per heavy atom. The molecule has 2 amide bonds. The number of unbranched alkanes of at least 4 members (excludes halogenated alkanes) is 1. The minimum atomic E-state index is -0.339. The third kappa shape index (κ3) is 4.65. The van der Waals surface area contributed by atoms with Crippen molar-refractivity contribution in [3.05, 3.63) is 29.3 Å². The van der Waals surface area contributed by atoms with E-state index >= 15 is 0 Å². The summed E-state index contributed by atoms with van der Waals surface area (Å²) < 4.78 is 0. The molecule has 0 bridgehead atoms. The molecule has 0 radical (unpaired) electrons. The van der Waals surface area contributed by atoms with E-state index in [2.05, 4.69) is 12.2 Å². The summed E-state index contributed by atoms with van der Waals surface area (Å²) in [5, 5.41) is 3.19. The van der Waals surface area contributed by atoms with Crippen molar-refractivity contribution in [1.29, 1.82) is 0 Å². The van der Waals surface area contributed by atoms with Crippen molar-refractivity contribution < 1.29 is 9.59 Å². The van der Waals surface area contributed by atoms with Gasteiger partial charge in [-0.25, -0.2) is 0 Å². The number of benzene rings is 1. The minimum Gasteiger partial charge on any atom is -0.399 e. The van der Waals surface area contributed by atoms with E-state index in [1.54, 1.807) is 16.7 Å². The fourth-order valence-corrected chi connectivity index (χ4v) is 4.81. The van der Waals surface area contributed by atoms with Crippen molar-refractivity contribution in [2.45, 2.75) is 57.5 Å². The number of halogens is 1. The van der Waals surface area contributed by atoms with E-state index in [9.17, 15) is 9.59 Å². The molecule has 1 heterocycles. The molecule has 3 rings (SSSR count). The molecule has 5 nitrogen and oxygen atoms in total. The number of nitrogens with zero attached hydrogens (tertiary/aromatic N) is 1. The zero-order valence-corrected chi connectivity index (χ0v) is 16.8.